The largest absolute Gasteiger partial charge is 0.376 e. The van der Waals surface area contributed by atoms with Crippen LogP contribution in [0.5, 0.6) is 0 Å². The van der Waals surface area contributed by atoms with E-state index in [1.165, 1.54) is 23.1 Å². The lowest BCUT2D eigenvalue weighted by molar-refractivity contribution is -0.115. The number of likely N-dealkylation sites (N-methyl/N-ethyl adjacent to an activating group) is 1. The van der Waals surface area contributed by atoms with Gasteiger partial charge in [0.1, 0.15) is 5.82 Å². The molecule has 0 aliphatic carbocycles. The number of carbonyl (C=O) groups excluding carboxylic acids is 2. The van der Waals surface area contributed by atoms with Crippen LogP contribution < -0.4 is 10.6 Å². The maximum Gasteiger partial charge on any atom is 0.321 e. The van der Waals surface area contributed by atoms with Crippen LogP contribution in [-0.2, 0) is 9.53 Å². The normalized spacial score (nSPS) is 17.2. The Kier molecular flexibility index (Phi) is 6.54. The summed E-state index contributed by atoms with van der Waals surface area (Å²) in [5.41, 5.74) is 0.474. The Morgan fingerprint density at radius 3 is 2.79 bits per heavy atom. The summed E-state index contributed by atoms with van der Waals surface area (Å²) in [6.07, 6.45) is 3.41. The lowest BCUT2D eigenvalue weighted by Crippen LogP contribution is -2.39. The van der Waals surface area contributed by atoms with Crippen molar-refractivity contribution in [2.45, 2.75) is 38.7 Å². The zero-order valence-corrected chi connectivity index (χ0v) is 14.1. The molecule has 24 heavy (non-hydrogen) atoms. The SMILES string of the molecule is CCC(=O)Nc1ccc(F)c(NC(=O)N(C)CC2CCCCO2)c1. The van der Waals surface area contributed by atoms with Crippen molar-refractivity contribution >= 4 is 23.3 Å². The third kappa shape index (κ3) is 5.19. The van der Waals surface area contributed by atoms with Crippen molar-refractivity contribution in [1.29, 1.82) is 0 Å². The fraction of sp³-hybridized carbons (Fsp3) is 0.529. The van der Waals surface area contributed by atoms with Crippen LogP contribution >= 0.6 is 0 Å². The van der Waals surface area contributed by atoms with Crippen LogP contribution in [0, 0.1) is 5.82 Å². The van der Waals surface area contributed by atoms with E-state index in [9.17, 15) is 14.0 Å². The number of nitrogens with zero attached hydrogens (tertiary/aromatic N) is 1. The number of urea groups is 1. The molecule has 2 N–H and O–H groups in total. The van der Waals surface area contributed by atoms with E-state index in [1.54, 1.807) is 14.0 Å². The van der Waals surface area contributed by atoms with Gasteiger partial charge in [0.15, 0.2) is 0 Å². The minimum atomic E-state index is -0.555. The summed E-state index contributed by atoms with van der Waals surface area (Å²) in [4.78, 5) is 25.1. The Balaban J connectivity index is 1.96. The second-order valence-electron chi connectivity index (χ2n) is 5.90. The predicted octanol–water partition coefficient (Wildman–Crippen LogP) is 3.21. The average molecular weight is 337 g/mol. The number of amides is 3. The number of hydrogen-bond donors (Lipinski definition) is 2. The molecule has 2 rings (SSSR count). The number of carbonyl (C=O) groups is 2. The molecular weight excluding hydrogens is 313 g/mol. The highest BCUT2D eigenvalue weighted by atomic mass is 19.1. The first-order valence-corrected chi connectivity index (χ1v) is 8.22. The Hall–Kier alpha value is -2.15. The Morgan fingerprint density at radius 2 is 2.12 bits per heavy atom. The molecule has 1 aromatic carbocycles. The molecule has 132 valence electrons. The molecule has 0 saturated carbocycles. The van der Waals surface area contributed by atoms with Gasteiger partial charge in [-0.25, -0.2) is 9.18 Å². The average Bonchev–Trinajstić information content (AvgIpc) is 2.58. The van der Waals surface area contributed by atoms with Crippen molar-refractivity contribution in [3.05, 3.63) is 24.0 Å². The van der Waals surface area contributed by atoms with Gasteiger partial charge in [0.05, 0.1) is 11.8 Å². The zero-order chi connectivity index (χ0) is 17.5. The van der Waals surface area contributed by atoms with Crippen LogP contribution in [0.25, 0.3) is 0 Å². The lowest BCUT2D eigenvalue weighted by atomic mass is 10.1. The van der Waals surface area contributed by atoms with Crippen LogP contribution in [-0.4, -0.2) is 43.1 Å². The number of rotatable bonds is 5. The molecule has 1 saturated heterocycles. The van der Waals surface area contributed by atoms with Crippen LogP contribution in [0.15, 0.2) is 18.2 Å². The van der Waals surface area contributed by atoms with Crippen LogP contribution in [0.3, 0.4) is 0 Å². The molecule has 0 radical (unpaired) electrons. The summed E-state index contributed by atoms with van der Waals surface area (Å²) in [7, 11) is 1.65. The molecule has 0 spiro atoms. The molecule has 1 heterocycles. The second-order valence-corrected chi connectivity index (χ2v) is 5.90. The molecule has 1 aliphatic heterocycles. The van der Waals surface area contributed by atoms with E-state index in [2.05, 4.69) is 10.6 Å². The van der Waals surface area contributed by atoms with Crippen molar-refractivity contribution in [1.82, 2.24) is 4.90 Å². The Morgan fingerprint density at radius 1 is 1.33 bits per heavy atom. The van der Waals surface area contributed by atoms with Crippen LogP contribution in [0.2, 0.25) is 0 Å². The summed E-state index contributed by atoms with van der Waals surface area (Å²) in [5.74, 6) is -0.731. The van der Waals surface area contributed by atoms with E-state index < -0.39 is 11.8 Å². The molecular formula is C17H24FN3O3. The second kappa shape index (κ2) is 8.63. The highest BCUT2D eigenvalue weighted by molar-refractivity contribution is 5.93. The number of nitrogens with one attached hydrogen (secondary N) is 2. The van der Waals surface area contributed by atoms with Gasteiger partial charge in [0.2, 0.25) is 5.91 Å². The van der Waals surface area contributed by atoms with E-state index in [0.717, 1.165) is 19.3 Å². The molecule has 3 amide bonds. The van der Waals surface area contributed by atoms with E-state index in [4.69, 9.17) is 4.74 Å². The van der Waals surface area contributed by atoms with E-state index in [-0.39, 0.29) is 17.7 Å². The fourth-order valence-corrected chi connectivity index (χ4v) is 2.50. The van der Waals surface area contributed by atoms with Crippen LogP contribution in [0.1, 0.15) is 32.6 Å². The summed E-state index contributed by atoms with van der Waals surface area (Å²) in [5, 5.41) is 5.17. The molecule has 0 bridgehead atoms. The van der Waals surface area contributed by atoms with Crippen LogP contribution in [0.4, 0.5) is 20.6 Å². The van der Waals surface area contributed by atoms with Crippen molar-refractivity contribution in [2.24, 2.45) is 0 Å². The molecule has 1 fully saturated rings. The highest BCUT2D eigenvalue weighted by Crippen LogP contribution is 2.20. The molecule has 1 atom stereocenters. The van der Waals surface area contributed by atoms with Gasteiger partial charge in [-0.15, -0.1) is 0 Å². The number of ether oxygens (including phenoxy) is 1. The molecule has 1 aliphatic rings. The number of halogens is 1. The van der Waals surface area contributed by atoms with Crippen molar-refractivity contribution in [2.75, 3.05) is 30.8 Å². The first kappa shape index (κ1) is 18.2. The van der Waals surface area contributed by atoms with E-state index in [1.807, 2.05) is 0 Å². The topological polar surface area (TPSA) is 70.7 Å². The van der Waals surface area contributed by atoms with Gasteiger partial charge in [-0.2, -0.15) is 0 Å². The molecule has 1 unspecified atom stereocenters. The first-order valence-electron chi connectivity index (χ1n) is 8.22. The third-order valence-electron chi connectivity index (χ3n) is 3.91. The van der Waals surface area contributed by atoms with Gasteiger partial charge in [-0.1, -0.05) is 6.92 Å². The van der Waals surface area contributed by atoms with Crippen molar-refractivity contribution in [3.63, 3.8) is 0 Å². The highest BCUT2D eigenvalue weighted by Gasteiger charge is 2.19. The van der Waals surface area contributed by atoms with E-state index >= 15 is 0 Å². The minimum absolute atomic E-state index is 0.0227. The smallest absolute Gasteiger partial charge is 0.321 e. The number of benzene rings is 1. The Bertz CT molecular complexity index is 588. The van der Waals surface area contributed by atoms with Gasteiger partial charge in [-0.3, -0.25) is 4.79 Å². The van der Waals surface area contributed by atoms with Gasteiger partial charge >= 0.3 is 6.03 Å². The number of hydrogen-bond acceptors (Lipinski definition) is 3. The molecule has 0 aromatic heterocycles. The molecule has 7 heteroatoms. The summed E-state index contributed by atoms with van der Waals surface area (Å²) in [6, 6.07) is 3.66. The third-order valence-corrected chi connectivity index (χ3v) is 3.91. The van der Waals surface area contributed by atoms with Crippen molar-refractivity contribution < 1.29 is 18.7 Å². The van der Waals surface area contributed by atoms with Gasteiger partial charge in [-0.05, 0) is 37.5 Å². The quantitative estimate of drug-likeness (QED) is 0.867. The monoisotopic (exact) mass is 337 g/mol. The predicted molar refractivity (Wildman–Crippen MR) is 90.6 cm³/mol. The molecule has 1 aromatic rings. The standard InChI is InChI=1S/C17H24FN3O3/c1-3-16(22)19-12-7-8-14(18)15(10-12)20-17(23)21(2)11-13-6-4-5-9-24-13/h7-8,10,13H,3-6,9,11H2,1-2H3,(H,19,22)(H,20,23). The Labute approximate surface area is 141 Å². The zero-order valence-electron chi connectivity index (χ0n) is 14.1. The first-order chi connectivity index (χ1) is 11.5. The maximum absolute atomic E-state index is 13.9. The van der Waals surface area contributed by atoms with Crippen molar-refractivity contribution in [3.8, 4) is 0 Å². The minimum Gasteiger partial charge on any atom is -0.376 e. The molecule has 6 nitrogen and oxygen atoms in total. The summed E-state index contributed by atoms with van der Waals surface area (Å²) < 4.78 is 19.5. The fourth-order valence-electron chi connectivity index (χ4n) is 2.50. The van der Waals surface area contributed by atoms with Gasteiger partial charge in [0.25, 0.3) is 0 Å². The van der Waals surface area contributed by atoms with Gasteiger partial charge in [0, 0.05) is 32.3 Å². The number of anilines is 2. The maximum atomic E-state index is 13.9. The summed E-state index contributed by atoms with van der Waals surface area (Å²) in [6.45, 7) is 2.90. The van der Waals surface area contributed by atoms with Gasteiger partial charge < -0.3 is 20.3 Å². The lowest BCUT2D eigenvalue weighted by Gasteiger charge is -2.27. The summed E-state index contributed by atoms with van der Waals surface area (Å²) >= 11 is 0. The van der Waals surface area contributed by atoms with E-state index in [0.29, 0.717) is 25.3 Å².